The van der Waals surface area contributed by atoms with Crippen molar-refractivity contribution in [3.8, 4) is 11.5 Å². The number of fused-ring (bicyclic) bond motifs is 1. The topological polar surface area (TPSA) is 27.7 Å². The Kier molecular flexibility index (Phi) is 2.06. The van der Waals surface area contributed by atoms with E-state index in [4.69, 9.17) is 26.4 Å². The Bertz CT molecular complexity index is 334. The summed E-state index contributed by atoms with van der Waals surface area (Å²) in [6.07, 6.45) is 0. The second-order valence-electron chi connectivity index (χ2n) is 2.59. The maximum Gasteiger partial charge on any atom is 0.358 e. The molecule has 1 heterocycles. The van der Waals surface area contributed by atoms with Crippen LogP contribution in [0.25, 0.3) is 0 Å². The van der Waals surface area contributed by atoms with E-state index in [1.54, 1.807) is 7.11 Å². The molecule has 2 rings (SSSR count). The third kappa shape index (κ3) is 1.45. The lowest BCUT2D eigenvalue weighted by Crippen LogP contribution is -2.17. The zero-order valence-corrected chi connectivity index (χ0v) is 7.89. The van der Waals surface area contributed by atoms with E-state index in [0.717, 1.165) is 5.56 Å². The third-order valence-electron chi connectivity index (χ3n) is 1.81. The molecule has 1 aliphatic heterocycles. The minimum atomic E-state index is 0.150. The first-order valence-electron chi connectivity index (χ1n) is 3.82. The fraction of sp³-hybridized carbons (Fsp3) is 0.222. The highest BCUT2D eigenvalue weighted by Crippen LogP contribution is 2.34. The van der Waals surface area contributed by atoms with Gasteiger partial charge in [-0.25, -0.2) is 0 Å². The lowest BCUT2D eigenvalue weighted by atomic mass is 10.2. The van der Waals surface area contributed by atoms with Gasteiger partial charge in [-0.15, -0.1) is 0 Å². The molecule has 0 fully saturated rings. The van der Waals surface area contributed by atoms with Gasteiger partial charge in [0.1, 0.15) is 6.61 Å². The van der Waals surface area contributed by atoms with Crippen LogP contribution >= 0.6 is 12.2 Å². The second kappa shape index (κ2) is 3.22. The van der Waals surface area contributed by atoms with Gasteiger partial charge < -0.3 is 14.2 Å². The molecule has 1 aromatic rings. The first-order valence-corrected chi connectivity index (χ1v) is 4.22. The highest BCUT2D eigenvalue weighted by atomic mass is 32.1. The molecule has 0 amide bonds. The first-order chi connectivity index (χ1) is 6.31. The molecule has 0 N–H and O–H groups in total. The molecule has 68 valence electrons. The quantitative estimate of drug-likeness (QED) is 0.641. The van der Waals surface area contributed by atoms with Gasteiger partial charge in [-0.05, 0) is 6.07 Å². The maximum atomic E-state index is 5.24. The number of rotatable bonds is 1. The molecule has 0 saturated heterocycles. The van der Waals surface area contributed by atoms with Crippen LogP contribution in [0.5, 0.6) is 11.5 Å². The predicted molar refractivity (Wildman–Crippen MR) is 51.0 cm³/mol. The lowest BCUT2D eigenvalue weighted by molar-refractivity contribution is 0.205. The van der Waals surface area contributed by atoms with E-state index in [0.29, 0.717) is 18.1 Å². The maximum absolute atomic E-state index is 5.24. The normalized spacial score (nSPS) is 14.1. The Labute approximate surface area is 81.2 Å². The molecule has 13 heavy (non-hydrogen) atoms. The average molecular weight is 196 g/mol. The van der Waals surface area contributed by atoms with Crippen LogP contribution in [0.2, 0.25) is 0 Å². The number of benzene rings is 1. The van der Waals surface area contributed by atoms with Crippen molar-refractivity contribution in [1.29, 1.82) is 0 Å². The summed E-state index contributed by atoms with van der Waals surface area (Å²) < 4.78 is 15.4. The zero-order valence-electron chi connectivity index (χ0n) is 7.07. The van der Waals surface area contributed by atoms with Crippen LogP contribution in [0.1, 0.15) is 5.56 Å². The summed E-state index contributed by atoms with van der Waals surface area (Å²) in [5.74, 6) is 1.35. The predicted octanol–water partition coefficient (Wildman–Crippen LogP) is 1.89. The van der Waals surface area contributed by atoms with Crippen molar-refractivity contribution < 1.29 is 14.2 Å². The highest BCUT2D eigenvalue weighted by molar-refractivity contribution is 7.79. The summed E-state index contributed by atoms with van der Waals surface area (Å²) in [7, 11) is 1.59. The van der Waals surface area contributed by atoms with Crippen molar-refractivity contribution in [2.75, 3.05) is 7.11 Å². The van der Waals surface area contributed by atoms with E-state index in [1.165, 1.54) is 0 Å². The summed E-state index contributed by atoms with van der Waals surface area (Å²) in [6.45, 7) is 0.450. The largest absolute Gasteiger partial charge is 0.493 e. The fourth-order valence-corrected chi connectivity index (χ4v) is 1.34. The molecule has 0 unspecified atom stereocenters. The van der Waals surface area contributed by atoms with Crippen molar-refractivity contribution in [2.45, 2.75) is 6.61 Å². The minimum Gasteiger partial charge on any atom is -0.493 e. The van der Waals surface area contributed by atoms with Crippen LogP contribution in [0.3, 0.4) is 0 Å². The molecule has 0 aliphatic carbocycles. The minimum absolute atomic E-state index is 0.150. The van der Waals surface area contributed by atoms with Crippen LogP contribution in [0.15, 0.2) is 18.2 Å². The standard InChI is InChI=1S/C9H8O3S/c1-10-7-4-2-3-6-5-11-9(13)12-8(6)7/h2-4H,5H2,1H3. The van der Waals surface area contributed by atoms with Gasteiger partial charge >= 0.3 is 5.24 Å². The lowest BCUT2D eigenvalue weighted by Gasteiger charge is -2.19. The molecule has 0 bridgehead atoms. The number of methoxy groups -OCH3 is 1. The molecular weight excluding hydrogens is 188 g/mol. The molecule has 1 aliphatic rings. The Morgan fingerprint density at radius 1 is 1.46 bits per heavy atom. The van der Waals surface area contributed by atoms with Gasteiger partial charge in [-0.3, -0.25) is 0 Å². The highest BCUT2D eigenvalue weighted by Gasteiger charge is 2.18. The van der Waals surface area contributed by atoms with Gasteiger partial charge in [0.2, 0.25) is 0 Å². The fourth-order valence-electron chi connectivity index (χ4n) is 1.20. The number of ether oxygens (including phenoxy) is 3. The number of hydrogen-bond acceptors (Lipinski definition) is 4. The Morgan fingerprint density at radius 2 is 2.31 bits per heavy atom. The van der Waals surface area contributed by atoms with Gasteiger partial charge in [-0.2, -0.15) is 0 Å². The van der Waals surface area contributed by atoms with Crippen molar-refractivity contribution in [1.82, 2.24) is 0 Å². The zero-order chi connectivity index (χ0) is 9.26. The SMILES string of the molecule is COc1cccc2c1OC(=S)OC2. The molecule has 0 saturated carbocycles. The van der Waals surface area contributed by atoms with Gasteiger partial charge in [0.15, 0.2) is 11.5 Å². The van der Waals surface area contributed by atoms with Crippen LogP contribution in [-0.2, 0) is 11.3 Å². The number of thiocarbonyl (C=S) groups is 1. The van der Waals surface area contributed by atoms with Crippen LogP contribution < -0.4 is 9.47 Å². The van der Waals surface area contributed by atoms with E-state index in [-0.39, 0.29) is 5.24 Å². The van der Waals surface area contributed by atoms with Crippen molar-refractivity contribution in [2.24, 2.45) is 0 Å². The Balaban J connectivity index is 2.46. The van der Waals surface area contributed by atoms with Gasteiger partial charge in [0, 0.05) is 17.8 Å². The van der Waals surface area contributed by atoms with E-state index < -0.39 is 0 Å². The molecule has 3 nitrogen and oxygen atoms in total. The summed E-state index contributed by atoms with van der Waals surface area (Å²) in [6, 6.07) is 5.63. The third-order valence-corrected chi connectivity index (χ3v) is 2.01. The molecule has 0 radical (unpaired) electrons. The Morgan fingerprint density at radius 3 is 3.08 bits per heavy atom. The molecule has 0 atom stereocenters. The van der Waals surface area contributed by atoms with E-state index in [9.17, 15) is 0 Å². The van der Waals surface area contributed by atoms with E-state index in [1.807, 2.05) is 18.2 Å². The van der Waals surface area contributed by atoms with Crippen molar-refractivity contribution in [3.63, 3.8) is 0 Å². The summed E-state index contributed by atoms with van der Waals surface area (Å²) >= 11 is 4.79. The van der Waals surface area contributed by atoms with Crippen molar-refractivity contribution in [3.05, 3.63) is 23.8 Å². The molecule has 4 heteroatoms. The van der Waals surface area contributed by atoms with Gasteiger partial charge in [0.05, 0.1) is 7.11 Å². The first kappa shape index (κ1) is 8.31. The average Bonchev–Trinajstić information content (AvgIpc) is 2.17. The van der Waals surface area contributed by atoms with Crippen LogP contribution in [0.4, 0.5) is 0 Å². The summed E-state index contributed by atoms with van der Waals surface area (Å²) in [4.78, 5) is 0. The molecule has 0 aromatic heterocycles. The van der Waals surface area contributed by atoms with E-state index >= 15 is 0 Å². The Hall–Kier alpha value is -1.29. The second-order valence-corrected chi connectivity index (χ2v) is 2.92. The molecule has 1 aromatic carbocycles. The summed E-state index contributed by atoms with van der Waals surface area (Å²) in [5.41, 5.74) is 0.952. The molecular formula is C9H8O3S. The van der Waals surface area contributed by atoms with Crippen LogP contribution in [-0.4, -0.2) is 12.3 Å². The number of para-hydroxylation sites is 1. The van der Waals surface area contributed by atoms with Gasteiger partial charge in [0.25, 0.3) is 0 Å². The monoisotopic (exact) mass is 196 g/mol. The smallest absolute Gasteiger partial charge is 0.358 e. The van der Waals surface area contributed by atoms with E-state index in [2.05, 4.69) is 0 Å². The summed E-state index contributed by atoms with van der Waals surface area (Å²) in [5, 5.41) is 0.150. The molecule has 0 spiro atoms. The van der Waals surface area contributed by atoms with Crippen LogP contribution in [0, 0.1) is 0 Å². The number of hydrogen-bond donors (Lipinski definition) is 0. The van der Waals surface area contributed by atoms with Gasteiger partial charge in [-0.1, -0.05) is 12.1 Å². The van der Waals surface area contributed by atoms with Crippen molar-refractivity contribution >= 4 is 17.5 Å².